The number of ether oxygens (including phenoxy) is 2. The number of rotatable bonds is 5. The molecule has 0 unspecified atom stereocenters. The van der Waals surface area contributed by atoms with E-state index in [1.807, 2.05) is 44.2 Å². The molecular weight excluding hydrogens is 318 g/mol. The average molecular weight is 339 g/mol. The van der Waals surface area contributed by atoms with Crippen molar-refractivity contribution in [1.29, 1.82) is 0 Å². The van der Waals surface area contributed by atoms with Gasteiger partial charge < -0.3 is 19.6 Å². The van der Waals surface area contributed by atoms with Crippen LogP contribution < -0.4 is 9.47 Å². The van der Waals surface area contributed by atoms with E-state index in [4.69, 9.17) is 9.47 Å². The van der Waals surface area contributed by atoms with Gasteiger partial charge in [0.05, 0.1) is 26.3 Å². The third-order valence-corrected chi connectivity index (χ3v) is 4.48. The predicted octanol–water partition coefficient (Wildman–Crippen LogP) is 4.10. The van der Waals surface area contributed by atoms with Crippen molar-refractivity contribution >= 4 is 16.9 Å². The van der Waals surface area contributed by atoms with Gasteiger partial charge in [0.25, 0.3) is 0 Å². The Hall–Kier alpha value is -2.95. The Kier molecular flexibility index (Phi) is 4.40. The molecule has 0 aliphatic carbocycles. The van der Waals surface area contributed by atoms with Crippen LogP contribution in [0.3, 0.4) is 0 Å². The van der Waals surface area contributed by atoms with Gasteiger partial charge in [-0.05, 0) is 48.7 Å². The van der Waals surface area contributed by atoms with Gasteiger partial charge >= 0.3 is 5.97 Å². The molecular formula is C20H21NO4. The van der Waals surface area contributed by atoms with Crippen LogP contribution in [0.5, 0.6) is 11.5 Å². The molecule has 1 aromatic heterocycles. The number of carbonyl (C=O) groups is 1. The van der Waals surface area contributed by atoms with E-state index in [-0.39, 0.29) is 6.42 Å². The zero-order valence-electron chi connectivity index (χ0n) is 14.8. The van der Waals surface area contributed by atoms with E-state index >= 15 is 0 Å². The summed E-state index contributed by atoms with van der Waals surface area (Å²) in [5.74, 6) is 0.475. The van der Waals surface area contributed by atoms with E-state index in [9.17, 15) is 9.90 Å². The van der Waals surface area contributed by atoms with Crippen LogP contribution in [0.4, 0.5) is 0 Å². The molecule has 25 heavy (non-hydrogen) atoms. The molecule has 0 aliphatic rings. The van der Waals surface area contributed by atoms with E-state index in [1.165, 1.54) is 0 Å². The summed E-state index contributed by atoms with van der Waals surface area (Å²) in [4.78, 5) is 14.9. The average Bonchev–Trinajstić information content (AvgIpc) is 2.97. The summed E-state index contributed by atoms with van der Waals surface area (Å²) in [5.41, 5.74) is 5.37. The van der Waals surface area contributed by atoms with Gasteiger partial charge in [0.2, 0.25) is 0 Å². The fraction of sp³-hybridized carbons (Fsp3) is 0.250. The Bertz CT molecular complexity index is 956. The highest BCUT2D eigenvalue weighted by atomic mass is 16.5. The summed E-state index contributed by atoms with van der Waals surface area (Å²) < 4.78 is 10.8. The first-order valence-electron chi connectivity index (χ1n) is 8.01. The largest absolute Gasteiger partial charge is 0.497 e. The lowest BCUT2D eigenvalue weighted by molar-refractivity contribution is -0.136. The standard InChI is InChI=1S/C20H21NO4/c1-11-5-6-12(2)19-18(11)15(10-17(22)23)20(21-19)14-9-13(24-3)7-8-16(14)25-4/h5-9,21H,10H2,1-4H3,(H,22,23). The number of aliphatic carboxylic acids is 1. The molecule has 0 spiro atoms. The van der Waals surface area contributed by atoms with Crippen LogP contribution in [0.25, 0.3) is 22.2 Å². The molecule has 3 rings (SSSR count). The van der Waals surface area contributed by atoms with Crippen molar-refractivity contribution in [2.45, 2.75) is 20.3 Å². The predicted molar refractivity (Wildman–Crippen MR) is 97.7 cm³/mol. The number of carboxylic acid groups (broad SMARTS) is 1. The Morgan fingerprint density at radius 2 is 1.80 bits per heavy atom. The molecule has 0 radical (unpaired) electrons. The van der Waals surface area contributed by atoms with E-state index in [0.717, 1.165) is 38.9 Å². The summed E-state index contributed by atoms with van der Waals surface area (Å²) >= 11 is 0. The molecule has 2 N–H and O–H groups in total. The van der Waals surface area contributed by atoms with E-state index in [1.54, 1.807) is 14.2 Å². The topological polar surface area (TPSA) is 71.5 Å². The second-order valence-corrected chi connectivity index (χ2v) is 6.06. The second kappa shape index (κ2) is 6.51. The van der Waals surface area contributed by atoms with Crippen LogP contribution in [-0.4, -0.2) is 30.3 Å². The van der Waals surface area contributed by atoms with Crippen molar-refractivity contribution in [3.8, 4) is 22.8 Å². The van der Waals surface area contributed by atoms with Gasteiger partial charge in [-0.2, -0.15) is 0 Å². The van der Waals surface area contributed by atoms with E-state index in [0.29, 0.717) is 11.5 Å². The van der Waals surface area contributed by atoms with Gasteiger partial charge in [-0.3, -0.25) is 4.79 Å². The quantitative estimate of drug-likeness (QED) is 0.734. The van der Waals surface area contributed by atoms with Crippen LogP contribution in [0.15, 0.2) is 30.3 Å². The van der Waals surface area contributed by atoms with Crippen molar-refractivity contribution in [1.82, 2.24) is 4.98 Å². The first-order chi connectivity index (χ1) is 12.0. The number of carboxylic acids is 1. The van der Waals surface area contributed by atoms with Crippen LogP contribution in [0.1, 0.15) is 16.7 Å². The molecule has 3 aromatic rings. The van der Waals surface area contributed by atoms with E-state index < -0.39 is 5.97 Å². The van der Waals surface area contributed by atoms with Gasteiger partial charge in [0, 0.05) is 16.5 Å². The Labute approximate surface area is 146 Å². The van der Waals surface area contributed by atoms with Crippen molar-refractivity contribution in [3.05, 3.63) is 47.0 Å². The third-order valence-electron chi connectivity index (χ3n) is 4.48. The molecule has 0 aliphatic heterocycles. The van der Waals surface area contributed by atoms with Crippen LogP contribution in [0.2, 0.25) is 0 Å². The number of aromatic nitrogens is 1. The normalized spacial score (nSPS) is 10.9. The Morgan fingerprint density at radius 1 is 1.08 bits per heavy atom. The number of nitrogens with one attached hydrogen (secondary N) is 1. The molecule has 0 saturated heterocycles. The van der Waals surface area contributed by atoms with Crippen LogP contribution >= 0.6 is 0 Å². The lowest BCUT2D eigenvalue weighted by Crippen LogP contribution is -2.02. The second-order valence-electron chi connectivity index (χ2n) is 6.06. The highest BCUT2D eigenvalue weighted by molar-refractivity contribution is 5.98. The van der Waals surface area contributed by atoms with Crippen LogP contribution in [-0.2, 0) is 11.2 Å². The molecule has 0 bridgehead atoms. The first-order valence-corrected chi connectivity index (χ1v) is 8.01. The van der Waals surface area contributed by atoms with Gasteiger partial charge in [0.1, 0.15) is 11.5 Å². The lowest BCUT2D eigenvalue weighted by Gasteiger charge is -2.11. The van der Waals surface area contributed by atoms with Gasteiger partial charge in [-0.1, -0.05) is 12.1 Å². The number of fused-ring (bicyclic) bond motifs is 1. The molecule has 5 nitrogen and oxygen atoms in total. The summed E-state index contributed by atoms with van der Waals surface area (Å²) in [6.45, 7) is 4.00. The number of hydrogen-bond acceptors (Lipinski definition) is 3. The summed E-state index contributed by atoms with van der Waals surface area (Å²) in [5, 5.41) is 10.4. The monoisotopic (exact) mass is 339 g/mol. The minimum absolute atomic E-state index is 0.0695. The first kappa shape index (κ1) is 16.9. The van der Waals surface area contributed by atoms with Crippen molar-refractivity contribution in [2.24, 2.45) is 0 Å². The highest BCUT2D eigenvalue weighted by Gasteiger charge is 2.21. The molecule has 130 valence electrons. The fourth-order valence-corrected chi connectivity index (χ4v) is 3.25. The van der Waals surface area contributed by atoms with E-state index in [2.05, 4.69) is 4.98 Å². The molecule has 1 heterocycles. The fourth-order valence-electron chi connectivity index (χ4n) is 3.25. The maximum Gasteiger partial charge on any atom is 0.307 e. The minimum atomic E-state index is -0.870. The molecule has 0 saturated carbocycles. The molecule has 0 amide bonds. The number of hydrogen-bond donors (Lipinski definition) is 2. The maximum absolute atomic E-state index is 11.5. The van der Waals surface area contributed by atoms with Crippen LogP contribution in [0, 0.1) is 13.8 Å². The van der Waals surface area contributed by atoms with Crippen molar-refractivity contribution in [2.75, 3.05) is 14.2 Å². The molecule has 2 aromatic carbocycles. The number of H-pyrrole nitrogens is 1. The van der Waals surface area contributed by atoms with Crippen molar-refractivity contribution in [3.63, 3.8) is 0 Å². The zero-order valence-corrected chi connectivity index (χ0v) is 14.8. The SMILES string of the molecule is COc1ccc(OC)c(-c2[nH]c3c(C)ccc(C)c3c2CC(=O)O)c1. The minimum Gasteiger partial charge on any atom is -0.497 e. The smallest absolute Gasteiger partial charge is 0.307 e. The summed E-state index contributed by atoms with van der Waals surface area (Å²) in [6, 6.07) is 9.55. The molecule has 5 heteroatoms. The Balaban J connectivity index is 2.38. The Morgan fingerprint density at radius 3 is 2.44 bits per heavy atom. The van der Waals surface area contributed by atoms with Gasteiger partial charge in [0.15, 0.2) is 0 Å². The maximum atomic E-state index is 11.5. The van der Waals surface area contributed by atoms with Gasteiger partial charge in [-0.25, -0.2) is 0 Å². The number of aromatic amines is 1. The third kappa shape index (κ3) is 2.93. The highest BCUT2D eigenvalue weighted by Crippen LogP contribution is 2.39. The zero-order chi connectivity index (χ0) is 18.1. The van der Waals surface area contributed by atoms with Crippen molar-refractivity contribution < 1.29 is 19.4 Å². The molecule has 0 atom stereocenters. The van der Waals surface area contributed by atoms with Gasteiger partial charge in [-0.15, -0.1) is 0 Å². The number of methoxy groups -OCH3 is 2. The molecule has 0 fully saturated rings. The summed E-state index contributed by atoms with van der Waals surface area (Å²) in [7, 11) is 3.20. The number of aryl methyl sites for hydroxylation is 2. The summed E-state index contributed by atoms with van der Waals surface area (Å²) in [6.07, 6.45) is -0.0695. The number of benzene rings is 2. The lowest BCUT2D eigenvalue weighted by atomic mass is 9.98.